The summed E-state index contributed by atoms with van der Waals surface area (Å²) in [6.45, 7) is 8.17. The minimum Gasteiger partial charge on any atom is -0.493 e. The van der Waals surface area contributed by atoms with Gasteiger partial charge in [0.1, 0.15) is 0 Å². The SMILES string of the molecule is C=CCc1ccc(OCC(=O)N2CCNC[C@@H]2C)c(OC)c1. The van der Waals surface area contributed by atoms with Crippen LogP contribution in [0.25, 0.3) is 0 Å². The van der Waals surface area contributed by atoms with Crippen LogP contribution in [0.5, 0.6) is 11.5 Å². The molecule has 0 aromatic heterocycles. The molecule has 2 rings (SSSR count). The molecule has 0 unspecified atom stereocenters. The number of carbonyl (C=O) groups excluding carboxylic acids is 1. The second kappa shape index (κ2) is 7.84. The van der Waals surface area contributed by atoms with E-state index in [4.69, 9.17) is 9.47 Å². The van der Waals surface area contributed by atoms with Crippen molar-refractivity contribution < 1.29 is 14.3 Å². The minimum atomic E-state index is 0.00576. The topological polar surface area (TPSA) is 50.8 Å². The zero-order valence-corrected chi connectivity index (χ0v) is 13.3. The summed E-state index contributed by atoms with van der Waals surface area (Å²) in [5, 5.41) is 3.27. The highest BCUT2D eigenvalue weighted by Crippen LogP contribution is 2.28. The number of allylic oxidation sites excluding steroid dienone is 1. The Labute approximate surface area is 131 Å². The molecular formula is C17H24N2O3. The average molecular weight is 304 g/mol. The second-order valence-electron chi connectivity index (χ2n) is 5.41. The van der Waals surface area contributed by atoms with Crippen molar-refractivity contribution in [2.24, 2.45) is 0 Å². The lowest BCUT2D eigenvalue weighted by Gasteiger charge is -2.33. The van der Waals surface area contributed by atoms with E-state index in [9.17, 15) is 4.79 Å². The molecule has 1 aromatic rings. The lowest BCUT2D eigenvalue weighted by molar-refractivity contribution is -0.136. The Morgan fingerprint density at radius 3 is 3.00 bits per heavy atom. The van der Waals surface area contributed by atoms with Gasteiger partial charge in [-0.05, 0) is 31.0 Å². The van der Waals surface area contributed by atoms with Gasteiger partial charge in [0.25, 0.3) is 5.91 Å². The number of rotatable bonds is 6. The quantitative estimate of drug-likeness (QED) is 0.812. The van der Waals surface area contributed by atoms with E-state index >= 15 is 0 Å². The summed E-state index contributed by atoms with van der Waals surface area (Å²) in [7, 11) is 1.60. The van der Waals surface area contributed by atoms with E-state index in [1.807, 2.05) is 36.1 Å². The maximum atomic E-state index is 12.3. The fourth-order valence-electron chi connectivity index (χ4n) is 2.56. The van der Waals surface area contributed by atoms with Crippen molar-refractivity contribution in [3.63, 3.8) is 0 Å². The Balaban J connectivity index is 1.98. The van der Waals surface area contributed by atoms with Gasteiger partial charge in [0.2, 0.25) is 0 Å². The van der Waals surface area contributed by atoms with Crippen molar-refractivity contribution in [1.29, 1.82) is 0 Å². The van der Waals surface area contributed by atoms with Crippen molar-refractivity contribution in [3.05, 3.63) is 36.4 Å². The van der Waals surface area contributed by atoms with Gasteiger partial charge in [-0.1, -0.05) is 12.1 Å². The predicted octanol–water partition coefficient (Wildman–Crippen LogP) is 1.62. The molecule has 1 aliphatic rings. The first-order valence-electron chi connectivity index (χ1n) is 7.56. The van der Waals surface area contributed by atoms with E-state index in [1.165, 1.54) is 0 Å². The van der Waals surface area contributed by atoms with Gasteiger partial charge < -0.3 is 19.7 Å². The number of hydrogen-bond donors (Lipinski definition) is 1. The first kappa shape index (κ1) is 16.4. The zero-order valence-electron chi connectivity index (χ0n) is 13.3. The van der Waals surface area contributed by atoms with Crippen LogP contribution in [-0.4, -0.2) is 50.2 Å². The molecular weight excluding hydrogens is 280 g/mol. The van der Waals surface area contributed by atoms with Gasteiger partial charge in [0, 0.05) is 25.7 Å². The van der Waals surface area contributed by atoms with Gasteiger partial charge in [0.05, 0.1) is 7.11 Å². The van der Waals surface area contributed by atoms with Crippen LogP contribution in [0.1, 0.15) is 12.5 Å². The second-order valence-corrected chi connectivity index (χ2v) is 5.41. The number of nitrogens with one attached hydrogen (secondary N) is 1. The van der Waals surface area contributed by atoms with Gasteiger partial charge in [0.15, 0.2) is 18.1 Å². The average Bonchev–Trinajstić information content (AvgIpc) is 2.54. The van der Waals surface area contributed by atoms with Crippen LogP contribution in [0, 0.1) is 0 Å². The van der Waals surface area contributed by atoms with E-state index in [0.717, 1.165) is 31.6 Å². The highest BCUT2D eigenvalue weighted by molar-refractivity contribution is 5.78. The maximum Gasteiger partial charge on any atom is 0.260 e. The molecule has 0 saturated carbocycles. The van der Waals surface area contributed by atoms with Crippen molar-refractivity contribution in [2.75, 3.05) is 33.4 Å². The molecule has 22 heavy (non-hydrogen) atoms. The van der Waals surface area contributed by atoms with Crippen LogP contribution < -0.4 is 14.8 Å². The molecule has 1 saturated heterocycles. The van der Waals surface area contributed by atoms with E-state index in [1.54, 1.807) is 7.11 Å². The summed E-state index contributed by atoms with van der Waals surface area (Å²) in [4.78, 5) is 14.1. The van der Waals surface area contributed by atoms with Crippen molar-refractivity contribution >= 4 is 5.91 Å². The summed E-state index contributed by atoms with van der Waals surface area (Å²) < 4.78 is 11.0. The van der Waals surface area contributed by atoms with Crippen LogP contribution in [-0.2, 0) is 11.2 Å². The first-order valence-corrected chi connectivity index (χ1v) is 7.56. The number of methoxy groups -OCH3 is 1. The van der Waals surface area contributed by atoms with E-state index in [0.29, 0.717) is 11.5 Å². The summed E-state index contributed by atoms with van der Waals surface area (Å²) in [6, 6.07) is 5.90. The van der Waals surface area contributed by atoms with Crippen LogP contribution in [0.2, 0.25) is 0 Å². The highest BCUT2D eigenvalue weighted by atomic mass is 16.5. The molecule has 0 radical (unpaired) electrons. The van der Waals surface area contributed by atoms with Crippen LogP contribution >= 0.6 is 0 Å². The molecule has 1 amide bonds. The summed E-state index contributed by atoms with van der Waals surface area (Å²) >= 11 is 0. The predicted molar refractivity (Wildman–Crippen MR) is 86.4 cm³/mol. The summed E-state index contributed by atoms with van der Waals surface area (Å²) in [6.07, 6.45) is 2.61. The number of piperazine rings is 1. The van der Waals surface area contributed by atoms with Crippen LogP contribution in [0.15, 0.2) is 30.9 Å². The maximum absolute atomic E-state index is 12.3. The molecule has 1 fully saturated rings. The molecule has 0 bridgehead atoms. The third kappa shape index (κ3) is 4.01. The summed E-state index contributed by atoms with van der Waals surface area (Å²) in [5.74, 6) is 1.23. The molecule has 0 spiro atoms. The molecule has 0 aliphatic carbocycles. The van der Waals surface area contributed by atoms with Crippen LogP contribution in [0.3, 0.4) is 0 Å². The zero-order chi connectivity index (χ0) is 15.9. The molecule has 1 heterocycles. The smallest absolute Gasteiger partial charge is 0.260 e. The van der Waals surface area contributed by atoms with Crippen molar-refractivity contribution in [3.8, 4) is 11.5 Å². The van der Waals surface area contributed by atoms with E-state index in [-0.39, 0.29) is 18.6 Å². The first-order chi connectivity index (χ1) is 10.7. The van der Waals surface area contributed by atoms with E-state index in [2.05, 4.69) is 11.9 Å². The Morgan fingerprint density at radius 1 is 1.50 bits per heavy atom. The van der Waals surface area contributed by atoms with Crippen molar-refractivity contribution in [2.45, 2.75) is 19.4 Å². The molecule has 5 heteroatoms. The summed E-state index contributed by atoms with van der Waals surface area (Å²) in [5.41, 5.74) is 1.10. The van der Waals surface area contributed by atoms with Gasteiger partial charge >= 0.3 is 0 Å². The number of nitrogens with zero attached hydrogens (tertiary/aromatic N) is 1. The third-order valence-corrected chi connectivity index (χ3v) is 3.78. The van der Waals surface area contributed by atoms with Gasteiger partial charge in [-0.25, -0.2) is 0 Å². The largest absolute Gasteiger partial charge is 0.493 e. The Hall–Kier alpha value is -2.01. The number of carbonyl (C=O) groups is 1. The van der Waals surface area contributed by atoms with Crippen molar-refractivity contribution in [1.82, 2.24) is 10.2 Å². The van der Waals surface area contributed by atoms with E-state index < -0.39 is 0 Å². The molecule has 1 aromatic carbocycles. The molecule has 1 atom stereocenters. The lowest BCUT2D eigenvalue weighted by Crippen LogP contribution is -2.53. The Kier molecular flexibility index (Phi) is 5.83. The van der Waals surface area contributed by atoms with Crippen LogP contribution in [0.4, 0.5) is 0 Å². The third-order valence-electron chi connectivity index (χ3n) is 3.78. The Bertz CT molecular complexity index is 531. The molecule has 1 N–H and O–H groups in total. The monoisotopic (exact) mass is 304 g/mol. The number of benzene rings is 1. The fraction of sp³-hybridized carbons (Fsp3) is 0.471. The molecule has 120 valence electrons. The Morgan fingerprint density at radius 2 is 2.32 bits per heavy atom. The fourth-order valence-corrected chi connectivity index (χ4v) is 2.56. The highest BCUT2D eigenvalue weighted by Gasteiger charge is 2.23. The van der Waals surface area contributed by atoms with Gasteiger partial charge in [-0.3, -0.25) is 4.79 Å². The van der Waals surface area contributed by atoms with Gasteiger partial charge in [-0.2, -0.15) is 0 Å². The lowest BCUT2D eigenvalue weighted by atomic mass is 10.1. The molecule has 1 aliphatic heterocycles. The van der Waals surface area contributed by atoms with Gasteiger partial charge in [-0.15, -0.1) is 6.58 Å². The standard InChI is InChI=1S/C17H24N2O3/c1-4-5-14-6-7-15(16(10-14)21-3)22-12-17(20)19-9-8-18-11-13(19)2/h4,6-7,10,13,18H,1,5,8-9,11-12H2,2-3H3/t13-/m0/s1. The number of amides is 1. The molecule has 5 nitrogen and oxygen atoms in total. The number of ether oxygens (including phenoxy) is 2. The normalized spacial score (nSPS) is 17.9. The number of hydrogen-bond acceptors (Lipinski definition) is 4. The minimum absolute atomic E-state index is 0.00576.